The minimum absolute atomic E-state index is 0.0193. The topological polar surface area (TPSA) is 46.3 Å². The van der Waals surface area contributed by atoms with Crippen molar-refractivity contribution in [3.05, 3.63) is 28.0 Å². The molecule has 1 spiro atoms. The van der Waals surface area contributed by atoms with Crippen molar-refractivity contribution in [3.8, 4) is 0 Å². The maximum Gasteiger partial charge on any atom is 0.255 e. The summed E-state index contributed by atoms with van der Waals surface area (Å²) < 4.78 is 13.9. The quantitative estimate of drug-likeness (QED) is 0.775. The van der Waals surface area contributed by atoms with E-state index in [0.717, 1.165) is 25.9 Å². The number of benzene rings is 1. The molecule has 1 aromatic carbocycles. The monoisotopic (exact) mass is 354 g/mol. The van der Waals surface area contributed by atoms with Crippen molar-refractivity contribution in [1.29, 1.82) is 0 Å². The second kappa shape index (κ2) is 5.59. The van der Waals surface area contributed by atoms with Crippen LogP contribution >= 0.6 is 15.9 Å². The fourth-order valence-electron chi connectivity index (χ4n) is 3.71. The van der Waals surface area contributed by atoms with Crippen LogP contribution in [0.25, 0.3) is 0 Å². The number of likely N-dealkylation sites (tertiary alicyclic amines) is 1. The van der Waals surface area contributed by atoms with Gasteiger partial charge in [-0.15, -0.1) is 0 Å². The van der Waals surface area contributed by atoms with Crippen LogP contribution in [-0.4, -0.2) is 23.9 Å². The van der Waals surface area contributed by atoms with Crippen LogP contribution in [-0.2, 0) is 0 Å². The van der Waals surface area contributed by atoms with Crippen molar-refractivity contribution < 1.29 is 9.18 Å². The summed E-state index contributed by atoms with van der Waals surface area (Å²) >= 11 is 3.27. The predicted molar refractivity (Wildman–Crippen MR) is 84.6 cm³/mol. The largest absolute Gasteiger partial charge is 0.396 e. The fraction of sp³-hybridized carbons (Fsp3) is 0.562. The molecule has 0 unspecified atom stereocenters. The van der Waals surface area contributed by atoms with Gasteiger partial charge in [-0.3, -0.25) is 4.79 Å². The summed E-state index contributed by atoms with van der Waals surface area (Å²) in [6.45, 7) is 1.59. The summed E-state index contributed by atoms with van der Waals surface area (Å²) in [6, 6.07) is 2.70. The van der Waals surface area contributed by atoms with E-state index in [-0.39, 0.29) is 11.6 Å². The third-order valence-corrected chi connectivity index (χ3v) is 5.75. The molecule has 3 rings (SSSR count). The standard InChI is InChI=1S/C16H20BrFN2O/c17-12-10-13(18)14(19)9-11(12)15(21)20-7-5-16(6-8-20)3-1-2-4-16/h9-10H,1-8,19H2. The number of hydrogen-bond donors (Lipinski definition) is 1. The number of rotatable bonds is 1. The van der Waals surface area contributed by atoms with Crippen LogP contribution in [0.5, 0.6) is 0 Å². The van der Waals surface area contributed by atoms with E-state index in [2.05, 4.69) is 15.9 Å². The third-order valence-electron chi connectivity index (χ3n) is 5.09. The maximum atomic E-state index is 13.4. The summed E-state index contributed by atoms with van der Waals surface area (Å²) in [5, 5.41) is 0. The molecule has 0 aromatic heterocycles. The Balaban J connectivity index is 1.73. The maximum absolute atomic E-state index is 13.4. The van der Waals surface area contributed by atoms with Gasteiger partial charge in [0, 0.05) is 17.6 Å². The van der Waals surface area contributed by atoms with Crippen molar-refractivity contribution in [2.45, 2.75) is 38.5 Å². The number of halogens is 2. The van der Waals surface area contributed by atoms with E-state index in [4.69, 9.17) is 5.73 Å². The van der Waals surface area contributed by atoms with Gasteiger partial charge >= 0.3 is 0 Å². The molecular weight excluding hydrogens is 335 g/mol. The second-order valence-corrected chi connectivity index (χ2v) is 7.21. The zero-order valence-electron chi connectivity index (χ0n) is 12.0. The lowest BCUT2D eigenvalue weighted by Crippen LogP contribution is -2.42. The lowest BCUT2D eigenvalue weighted by molar-refractivity contribution is 0.0586. The molecule has 2 fully saturated rings. The van der Waals surface area contributed by atoms with Gasteiger partial charge in [0.15, 0.2) is 0 Å². The molecule has 3 nitrogen and oxygen atoms in total. The van der Waals surface area contributed by atoms with E-state index < -0.39 is 5.82 Å². The summed E-state index contributed by atoms with van der Waals surface area (Å²) in [7, 11) is 0. The Bertz CT molecular complexity index is 560. The normalized spacial score (nSPS) is 21.0. The lowest BCUT2D eigenvalue weighted by Gasteiger charge is -2.39. The van der Waals surface area contributed by atoms with Gasteiger partial charge < -0.3 is 10.6 Å². The number of nitrogens with two attached hydrogens (primary N) is 1. The molecule has 5 heteroatoms. The Labute approximate surface area is 132 Å². The number of nitrogens with zero attached hydrogens (tertiary/aromatic N) is 1. The number of piperidine rings is 1. The third kappa shape index (κ3) is 2.80. The van der Waals surface area contributed by atoms with Gasteiger partial charge in [0.05, 0.1) is 11.3 Å². The zero-order valence-corrected chi connectivity index (χ0v) is 13.6. The highest BCUT2D eigenvalue weighted by atomic mass is 79.9. The van der Waals surface area contributed by atoms with E-state index in [0.29, 0.717) is 15.5 Å². The van der Waals surface area contributed by atoms with Gasteiger partial charge in [0.1, 0.15) is 5.82 Å². The smallest absolute Gasteiger partial charge is 0.255 e. The van der Waals surface area contributed by atoms with Crippen LogP contribution in [0.1, 0.15) is 48.9 Å². The summed E-state index contributed by atoms with van der Waals surface area (Å²) in [5.74, 6) is -0.552. The molecule has 21 heavy (non-hydrogen) atoms. The van der Waals surface area contributed by atoms with E-state index in [1.54, 1.807) is 0 Å². The average molecular weight is 355 g/mol. The highest BCUT2D eigenvalue weighted by Gasteiger charge is 2.38. The molecule has 1 aromatic rings. The number of hydrogen-bond acceptors (Lipinski definition) is 2. The summed E-state index contributed by atoms with van der Waals surface area (Å²) in [4.78, 5) is 14.5. The van der Waals surface area contributed by atoms with Gasteiger partial charge in [-0.05, 0) is 59.2 Å². The molecule has 2 N–H and O–H groups in total. The summed E-state index contributed by atoms with van der Waals surface area (Å²) in [6.07, 6.45) is 7.45. The molecule has 1 aliphatic heterocycles. The average Bonchev–Trinajstić information content (AvgIpc) is 2.91. The van der Waals surface area contributed by atoms with Crippen molar-refractivity contribution in [1.82, 2.24) is 4.90 Å². The molecular formula is C16H20BrFN2O. The number of nitrogen functional groups attached to an aromatic ring is 1. The first kappa shape index (κ1) is 14.8. The van der Waals surface area contributed by atoms with Crippen LogP contribution in [0, 0.1) is 11.2 Å². The number of amides is 1. The number of carbonyl (C=O) groups excluding carboxylic acids is 1. The van der Waals surface area contributed by atoms with Crippen molar-refractivity contribution in [3.63, 3.8) is 0 Å². The van der Waals surface area contributed by atoms with Gasteiger partial charge in [-0.2, -0.15) is 0 Å². The van der Waals surface area contributed by atoms with Gasteiger partial charge in [0.2, 0.25) is 0 Å². The molecule has 1 saturated heterocycles. The fourth-order valence-corrected chi connectivity index (χ4v) is 4.19. The number of carbonyl (C=O) groups is 1. The first-order valence-electron chi connectivity index (χ1n) is 7.55. The molecule has 2 aliphatic rings. The van der Waals surface area contributed by atoms with E-state index in [9.17, 15) is 9.18 Å². The van der Waals surface area contributed by atoms with Gasteiger partial charge in [0.25, 0.3) is 5.91 Å². The van der Waals surface area contributed by atoms with Crippen LogP contribution in [0.3, 0.4) is 0 Å². The molecule has 0 bridgehead atoms. The SMILES string of the molecule is Nc1cc(C(=O)N2CCC3(CCCC3)CC2)c(Br)cc1F. The van der Waals surface area contributed by atoms with Crippen molar-refractivity contribution in [2.75, 3.05) is 18.8 Å². The number of anilines is 1. The summed E-state index contributed by atoms with van der Waals surface area (Å²) in [5.41, 5.74) is 6.54. The van der Waals surface area contributed by atoms with Crippen LogP contribution in [0.15, 0.2) is 16.6 Å². The Morgan fingerprint density at radius 2 is 1.81 bits per heavy atom. The Morgan fingerprint density at radius 3 is 2.43 bits per heavy atom. The lowest BCUT2D eigenvalue weighted by atomic mass is 9.77. The minimum atomic E-state index is -0.498. The molecule has 114 valence electrons. The van der Waals surface area contributed by atoms with Crippen LogP contribution in [0.2, 0.25) is 0 Å². The molecule has 1 saturated carbocycles. The van der Waals surface area contributed by atoms with Crippen molar-refractivity contribution in [2.24, 2.45) is 5.41 Å². The highest BCUT2D eigenvalue weighted by molar-refractivity contribution is 9.10. The molecule has 1 heterocycles. The Kier molecular flexibility index (Phi) is 3.95. The molecule has 0 atom stereocenters. The molecule has 1 aliphatic carbocycles. The first-order valence-corrected chi connectivity index (χ1v) is 8.34. The Morgan fingerprint density at radius 1 is 1.19 bits per heavy atom. The van der Waals surface area contributed by atoms with E-state index >= 15 is 0 Å². The minimum Gasteiger partial charge on any atom is -0.396 e. The predicted octanol–water partition coefficient (Wildman–Crippen LogP) is 3.97. The van der Waals surface area contributed by atoms with E-state index in [1.807, 2.05) is 4.90 Å². The Hall–Kier alpha value is -1.10. The molecule has 1 amide bonds. The van der Waals surface area contributed by atoms with Crippen LogP contribution < -0.4 is 5.73 Å². The highest BCUT2D eigenvalue weighted by Crippen LogP contribution is 2.46. The molecule has 0 radical (unpaired) electrons. The van der Waals surface area contributed by atoms with E-state index in [1.165, 1.54) is 37.8 Å². The van der Waals surface area contributed by atoms with Crippen molar-refractivity contribution >= 4 is 27.5 Å². The van der Waals surface area contributed by atoms with Crippen LogP contribution in [0.4, 0.5) is 10.1 Å². The first-order chi connectivity index (χ1) is 10.0. The van der Waals surface area contributed by atoms with Gasteiger partial charge in [-0.25, -0.2) is 4.39 Å². The zero-order chi connectivity index (χ0) is 15.0. The van der Waals surface area contributed by atoms with Gasteiger partial charge in [-0.1, -0.05) is 12.8 Å². The second-order valence-electron chi connectivity index (χ2n) is 6.35.